The normalized spacial score (nSPS) is 18.2. The largest absolute Gasteiger partial charge is 0.330 e. The molecule has 3 N–H and O–H groups in total. The Labute approximate surface area is 112 Å². The maximum Gasteiger partial charge on any atom is 0.321 e. The number of amides is 2. The average Bonchev–Trinajstić information content (AvgIpc) is 2.42. The van der Waals surface area contributed by atoms with E-state index in [2.05, 4.69) is 12.2 Å². The molecule has 0 atom stereocenters. The van der Waals surface area contributed by atoms with E-state index in [1.54, 1.807) is 17.0 Å². The Hall–Kier alpha value is -1.62. The molecule has 1 aromatic rings. The van der Waals surface area contributed by atoms with E-state index in [-0.39, 0.29) is 17.3 Å². The number of carbonyl (C=O) groups is 1. The zero-order valence-corrected chi connectivity index (χ0v) is 11.2. The van der Waals surface area contributed by atoms with Crippen molar-refractivity contribution in [2.75, 3.05) is 25.0 Å². The minimum absolute atomic E-state index is 0.134. The second-order valence-corrected chi connectivity index (χ2v) is 5.44. The molecular formula is C14H20FN3O. The highest BCUT2D eigenvalue weighted by atomic mass is 19.1. The summed E-state index contributed by atoms with van der Waals surface area (Å²) < 4.78 is 12.8. The van der Waals surface area contributed by atoms with Crippen molar-refractivity contribution in [1.82, 2.24) is 4.90 Å². The van der Waals surface area contributed by atoms with Crippen LogP contribution in [0, 0.1) is 11.2 Å². The molecule has 0 bridgehead atoms. The van der Waals surface area contributed by atoms with Crippen LogP contribution in [0.25, 0.3) is 0 Å². The second-order valence-electron chi connectivity index (χ2n) is 5.44. The number of carbonyl (C=O) groups excluding carboxylic acids is 1. The van der Waals surface area contributed by atoms with E-state index in [0.29, 0.717) is 25.3 Å². The number of nitrogens with one attached hydrogen (secondary N) is 1. The van der Waals surface area contributed by atoms with Crippen LogP contribution in [0.15, 0.2) is 24.3 Å². The van der Waals surface area contributed by atoms with Gasteiger partial charge in [-0.15, -0.1) is 0 Å². The number of likely N-dealkylation sites (tertiary alicyclic amines) is 1. The highest BCUT2D eigenvalue weighted by Gasteiger charge is 2.30. The van der Waals surface area contributed by atoms with Crippen molar-refractivity contribution >= 4 is 11.7 Å². The van der Waals surface area contributed by atoms with Gasteiger partial charge in [0.2, 0.25) is 0 Å². The van der Waals surface area contributed by atoms with E-state index in [1.165, 1.54) is 12.1 Å². The van der Waals surface area contributed by atoms with Crippen molar-refractivity contribution < 1.29 is 9.18 Å². The molecule has 104 valence electrons. The molecule has 1 aromatic carbocycles. The Morgan fingerprint density at radius 3 is 2.47 bits per heavy atom. The van der Waals surface area contributed by atoms with Crippen LogP contribution in [-0.4, -0.2) is 30.6 Å². The first-order valence-electron chi connectivity index (χ1n) is 6.54. The van der Waals surface area contributed by atoms with Gasteiger partial charge in [-0.3, -0.25) is 0 Å². The average molecular weight is 265 g/mol. The molecule has 0 unspecified atom stereocenters. The number of hydrogen-bond acceptors (Lipinski definition) is 2. The van der Waals surface area contributed by atoms with Crippen LogP contribution >= 0.6 is 0 Å². The van der Waals surface area contributed by atoms with Crippen LogP contribution in [0.3, 0.4) is 0 Å². The first kappa shape index (κ1) is 13.8. The summed E-state index contributed by atoms with van der Waals surface area (Å²) in [5.41, 5.74) is 6.50. The number of nitrogens with zero attached hydrogens (tertiary/aromatic N) is 1. The molecule has 1 fully saturated rings. The predicted octanol–water partition coefficient (Wildman–Crippen LogP) is 2.42. The molecule has 1 aliphatic heterocycles. The van der Waals surface area contributed by atoms with Gasteiger partial charge in [-0.1, -0.05) is 6.92 Å². The molecule has 5 heteroatoms. The van der Waals surface area contributed by atoms with E-state index in [0.717, 1.165) is 12.8 Å². The highest BCUT2D eigenvalue weighted by Crippen LogP contribution is 2.29. The number of hydrogen-bond donors (Lipinski definition) is 2. The number of urea groups is 1. The van der Waals surface area contributed by atoms with Crippen LogP contribution in [0.2, 0.25) is 0 Å². The first-order valence-corrected chi connectivity index (χ1v) is 6.54. The molecule has 0 spiro atoms. The Morgan fingerprint density at radius 1 is 1.37 bits per heavy atom. The van der Waals surface area contributed by atoms with E-state index < -0.39 is 0 Å². The lowest BCUT2D eigenvalue weighted by atomic mass is 9.81. The lowest BCUT2D eigenvalue weighted by molar-refractivity contribution is 0.141. The van der Waals surface area contributed by atoms with Crippen molar-refractivity contribution in [3.8, 4) is 0 Å². The van der Waals surface area contributed by atoms with E-state index in [9.17, 15) is 9.18 Å². The van der Waals surface area contributed by atoms with Gasteiger partial charge in [0.1, 0.15) is 5.82 Å². The van der Waals surface area contributed by atoms with Gasteiger partial charge < -0.3 is 16.0 Å². The van der Waals surface area contributed by atoms with Crippen LogP contribution in [-0.2, 0) is 0 Å². The molecule has 1 saturated heterocycles. The van der Waals surface area contributed by atoms with Crippen LogP contribution in [0.4, 0.5) is 14.9 Å². The third-order valence-electron chi connectivity index (χ3n) is 3.85. The van der Waals surface area contributed by atoms with Gasteiger partial charge in [0.05, 0.1) is 0 Å². The second kappa shape index (κ2) is 5.57. The maximum absolute atomic E-state index is 12.8. The Morgan fingerprint density at radius 2 is 1.95 bits per heavy atom. The molecule has 2 amide bonds. The van der Waals surface area contributed by atoms with Gasteiger partial charge in [-0.2, -0.15) is 0 Å². The zero-order chi connectivity index (χ0) is 13.9. The fraction of sp³-hybridized carbons (Fsp3) is 0.500. The van der Waals surface area contributed by atoms with E-state index in [1.807, 2.05) is 0 Å². The number of benzene rings is 1. The van der Waals surface area contributed by atoms with Crippen molar-refractivity contribution in [1.29, 1.82) is 0 Å². The van der Waals surface area contributed by atoms with Gasteiger partial charge >= 0.3 is 6.03 Å². The van der Waals surface area contributed by atoms with Gasteiger partial charge in [0.15, 0.2) is 0 Å². The lowest BCUT2D eigenvalue weighted by Crippen LogP contribution is -2.46. The smallest absolute Gasteiger partial charge is 0.321 e. The summed E-state index contributed by atoms with van der Waals surface area (Å²) in [6, 6.07) is 5.64. The Balaban J connectivity index is 1.89. The molecule has 0 aliphatic carbocycles. The molecule has 2 rings (SSSR count). The standard InChI is InChI=1S/C14H20FN3O/c1-14(10-16)6-8-18(9-7-14)13(19)17-12-4-2-11(15)3-5-12/h2-5H,6-10,16H2,1H3,(H,17,19). The molecule has 1 aliphatic rings. The fourth-order valence-corrected chi connectivity index (χ4v) is 2.19. The van der Waals surface area contributed by atoms with Crippen LogP contribution < -0.4 is 11.1 Å². The summed E-state index contributed by atoms with van der Waals surface area (Å²) in [6.07, 6.45) is 1.83. The summed E-state index contributed by atoms with van der Waals surface area (Å²) in [6.45, 7) is 4.23. The van der Waals surface area contributed by atoms with Crippen LogP contribution in [0.1, 0.15) is 19.8 Å². The van der Waals surface area contributed by atoms with Gasteiger partial charge in [0.25, 0.3) is 0 Å². The van der Waals surface area contributed by atoms with Crippen molar-refractivity contribution in [3.05, 3.63) is 30.1 Å². The van der Waals surface area contributed by atoms with Crippen molar-refractivity contribution in [3.63, 3.8) is 0 Å². The summed E-state index contributed by atoms with van der Waals surface area (Å²) in [5, 5.41) is 2.77. The fourth-order valence-electron chi connectivity index (χ4n) is 2.19. The molecule has 0 radical (unpaired) electrons. The predicted molar refractivity (Wildman–Crippen MR) is 73.4 cm³/mol. The first-order chi connectivity index (χ1) is 9.02. The van der Waals surface area contributed by atoms with E-state index >= 15 is 0 Å². The Kier molecular flexibility index (Phi) is 4.04. The van der Waals surface area contributed by atoms with Crippen molar-refractivity contribution in [2.24, 2.45) is 11.1 Å². The third-order valence-corrected chi connectivity index (χ3v) is 3.85. The molecular weight excluding hydrogens is 245 g/mol. The summed E-state index contributed by atoms with van der Waals surface area (Å²) >= 11 is 0. The third kappa shape index (κ3) is 3.44. The van der Waals surface area contributed by atoms with Crippen molar-refractivity contribution in [2.45, 2.75) is 19.8 Å². The highest BCUT2D eigenvalue weighted by molar-refractivity contribution is 5.89. The minimum Gasteiger partial charge on any atom is -0.330 e. The molecule has 19 heavy (non-hydrogen) atoms. The number of halogens is 1. The number of piperidine rings is 1. The molecule has 0 aromatic heterocycles. The van der Waals surface area contributed by atoms with Gasteiger partial charge in [0, 0.05) is 18.8 Å². The maximum atomic E-state index is 12.8. The quantitative estimate of drug-likeness (QED) is 0.862. The Bertz CT molecular complexity index is 439. The SMILES string of the molecule is CC1(CN)CCN(C(=O)Nc2ccc(F)cc2)CC1. The monoisotopic (exact) mass is 265 g/mol. The topological polar surface area (TPSA) is 58.4 Å². The number of anilines is 1. The lowest BCUT2D eigenvalue weighted by Gasteiger charge is -2.38. The summed E-state index contributed by atoms with van der Waals surface area (Å²) in [4.78, 5) is 13.8. The number of rotatable bonds is 2. The summed E-state index contributed by atoms with van der Waals surface area (Å²) in [7, 11) is 0. The zero-order valence-electron chi connectivity index (χ0n) is 11.2. The number of nitrogens with two attached hydrogens (primary N) is 1. The van der Waals surface area contributed by atoms with E-state index in [4.69, 9.17) is 5.73 Å². The molecule has 4 nitrogen and oxygen atoms in total. The molecule has 1 heterocycles. The molecule has 0 saturated carbocycles. The summed E-state index contributed by atoms with van der Waals surface area (Å²) in [5.74, 6) is -0.310. The minimum atomic E-state index is -0.310. The van der Waals surface area contributed by atoms with Gasteiger partial charge in [-0.05, 0) is 49.1 Å². The van der Waals surface area contributed by atoms with Crippen LogP contribution in [0.5, 0.6) is 0 Å². The van der Waals surface area contributed by atoms with Gasteiger partial charge in [-0.25, -0.2) is 9.18 Å².